The van der Waals surface area contributed by atoms with Gasteiger partial charge in [-0.3, -0.25) is 4.79 Å². The van der Waals surface area contributed by atoms with E-state index >= 15 is 0 Å². The van der Waals surface area contributed by atoms with Gasteiger partial charge in [0.15, 0.2) is 0 Å². The van der Waals surface area contributed by atoms with Crippen LogP contribution in [0.25, 0.3) is 11.3 Å². The summed E-state index contributed by atoms with van der Waals surface area (Å²) in [5.74, 6) is -0.932. The first kappa shape index (κ1) is 13.3. The molecule has 0 bridgehead atoms. The lowest BCUT2D eigenvalue weighted by Gasteiger charge is -2.19. The van der Waals surface area contributed by atoms with E-state index in [0.29, 0.717) is 5.69 Å². The van der Waals surface area contributed by atoms with E-state index in [1.54, 1.807) is 6.20 Å². The molecule has 100 valence electrons. The van der Waals surface area contributed by atoms with Gasteiger partial charge in [-0.25, -0.2) is 4.68 Å². The molecular formula is C14H17N3O2. The van der Waals surface area contributed by atoms with Gasteiger partial charge < -0.3 is 5.11 Å². The van der Waals surface area contributed by atoms with Crippen LogP contribution in [-0.2, 0) is 16.8 Å². The molecule has 0 radical (unpaired) electrons. The molecule has 5 nitrogen and oxygen atoms in total. The molecule has 0 unspecified atom stereocenters. The van der Waals surface area contributed by atoms with E-state index in [1.165, 1.54) is 10.2 Å². The molecule has 1 N–H and O–H groups in total. The third kappa shape index (κ3) is 2.99. The number of hydrogen-bond acceptors (Lipinski definition) is 3. The summed E-state index contributed by atoms with van der Waals surface area (Å²) in [5.41, 5.74) is 2.95. The van der Waals surface area contributed by atoms with Crippen molar-refractivity contribution in [2.24, 2.45) is 0 Å². The van der Waals surface area contributed by atoms with Crippen LogP contribution in [0.15, 0.2) is 30.5 Å². The molecule has 0 saturated heterocycles. The fraction of sp³-hybridized carbons (Fsp3) is 0.357. The smallest absolute Gasteiger partial charge is 0.325 e. The zero-order valence-electron chi connectivity index (χ0n) is 11.3. The summed E-state index contributed by atoms with van der Waals surface area (Å²) in [6.45, 7) is 6.27. The predicted molar refractivity (Wildman–Crippen MR) is 71.8 cm³/mol. The number of carboxylic acids is 1. The topological polar surface area (TPSA) is 68.0 Å². The SMILES string of the molecule is CC(C)(C)c1ccc(-c2cnnn2CC(=O)O)cc1. The molecule has 0 aliphatic heterocycles. The first-order valence-electron chi connectivity index (χ1n) is 6.09. The van der Waals surface area contributed by atoms with Gasteiger partial charge in [-0.2, -0.15) is 0 Å². The number of hydrogen-bond donors (Lipinski definition) is 1. The summed E-state index contributed by atoms with van der Waals surface area (Å²) in [4.78, 5) is 10.7. The quantitative estimate of drug-likeness (QED) is 0.918. The summed E-state index contributed by atoms with van der Waals surface area (Å²) in [7, 11) is 0. The molecule has 1 heterocycles. The molecular weight excluding hydrogens is 242 g/mol. The second-order valence-electron chi connectivity index (χ2n) is 5.50. The molecule has 0 aliphatic carbocycles. The maximum atomic E-state index is 10.7. The Morgan fingerprint density at radius 3 is 2.42 bits per heavy atom. The normalized spacial score (nSPS) is 11.5. The number of nitrogens with zero attached hydrogens (tertiary/aromatic N) is 3. The third-order valence-corrected chi connectivity index (χ3v) is 2.95. The highest BCUT2D eigenvalue weighted by Crippen LogP contribution is 2.25. The van der Waals surface area contributed by atoms with E-state index in [1.807, 2.05) is 24.3 Å². The Labute approximate surface area is 111 Å². The largest absolute Gasteiger partial charge is 0.480 e. The van der Waals surface area contributed by atoms with Crippen LogP contribution in [0, 0.1) is 0 Å². The van der Waals surface area contributed by atoms with E-state index in [0.717, 1.165) is 5.56 Å². The van der Waals surface area contributed by atoms with Crippen molar-refractivity contribution in [3.63, 3.8) is 0 Å². The van der Waals surface area contributed by atoms with Crippen LogP contribution in [0.1, 0.15) is 26.3 Å². The molecule has 0 amide bonds. The van der Waals surface area contributed by atoms with Crippen LogP contribution < -0.4 is 0 Å². The Hall–Kier alpha value is -2.17. The Kier molecular flexibility index (Phi) is 3.38. The van der Waals surface area contributed by atoms with Gasteiger partial charge in [-0.05, 0) is 11.0 Å². The van der Waals surface area contributed by atoms with Gasteiger partial charge in [-0.1, -0.05) is 50.3 Å². The minimum absolute atomic E-state index is 0.0953. The maximum Gasteiger partial charge on any atom is 0.325 e. The lowest BCUT2D eigenvalue weighted by atomic mass is 9.86. The number of aliphatic carboxylic acids is 1. The van der Waals surface area contributed by atoms with Crippen molar-refractivity contribution in [2.75, 3.05) is 0 Å². The number of aromatic nitrogens is 3. The van der Waals surface area contributed by atoms with Gasteiger partial charge in [-0.15, -0.1) is 5.10 Å². The molecule has 0 saturated carbocycles. The van der Waals surface area contributed by atoms with Gasteiger partial charge >= 0.3 is 5.97 Å². The highest BCUT2D eigenvalue weighted by Gasteiger charge is 2.14. The maximum absolute atomic E-state index is 10.7. The summed E-state index contributed by atoms with van der Waals surface area (Å²) in [5, 5.41) is 16.4. The molecule has 0 spiro atoms. The van der Waals surface area contributed by atoms with Crippen LogP contribution in [0.2, 0.25) is 0 Å². The van der Waals surface area contributed by atoms with Crippen LogP contribution in [0.3, 0.4) is 0 Å². The second-order valence-corrected chi connectivity index (χ2v) is 5.50. The van der Waals surface area contributed by atoms with Gasteiger partial charge in [0.05, 0.1) is 11.9 Å². The number of carboxylic acid groups (broad SMARTS) is 1. The van der Waals surface area contributed by atoms with E-state index < -0.39 is 5.97 Å². The van der Waals surface area contributed by atoms with Gasteiger partial charge in [0, 0.05) is 5.56 Å². The summed E-state index contributed by atoms with van der Waals surface area (Å²) < 4.78 is 1.38. The first-order valence-corrected chi connectivity index (χ1v) is 6.09. The van der Waals surface area contributed by atoms with Crippen molar-refractivity contribution in [1.82, 2.24) is 15.0 Å². The zero-order valence-corrected chi connectivity index (χ0v) is 11.3. The van der Waals surface area contributed by atoms with Crippen LogP contribution in [0.5, 0.6) is 0 Å². The Balaban J connectivity index is 2.33. The minimum Gasteiger partial charge on any atom is -0.480 e. The van der Waals surface area contributed by atoms with Crippen molar-refractivity contribution in [3.8, 4) is 11.3 Å². The number of carbonyl (C=O) groups is 1. The minimum atomic E-state index is -0.932. The molecule has 0 aliphatic rings. The first-order chi connectivity index (χ1) is 8.88. The van der Waals surface area contributed by atoms with Crippen molar-refractivity contribution >= 4 is 5.97 Å². The molecule has 0 fully saturated rings. The fourth-order valence-electron chi connectivity index (χ4n) is 1.87. The summed E-state index contributed by atoms with van der Waals surface area (Å²) >= 11 is 0. The molecule has 1 aromatic heterocycles. The van der Waals surface area contributed by atoms with Crippen LogP contribution in [-0.4, -0.2) is 26.1 Å². The Morgan fingerprint density at radius 1 is 1.26 bits per heavy atom. The molecule has 5 heteroatoms. The summed E-state index contributed by atoms with van der Waals surface area (Å²) in [6.07, 6.45) is 1.58. The molecule has 19 heavy (non-hydrogen) atoms. The monoisotopic (exact) mass is 259 g/mol. The average Bonchev–Trinajstić information content (AvgIpc) is 2.75. The average molecular weight is 259 g/mol. The molecule has 0 atom stereocenters. The van der Waals surface area contributed by atoms with Crippen molar-refractivity contribution in [3.05, 3.63) is 36.0 Å². The van der Waals surface area contributed by atoms with Gasteiger partial charge in [0.2, 0.25) is 0 Å². The Bertz CT molecular complexity index is 579. The Morgan fingerprint density at radius 2 is 1.89 bits per heavy atom. The van der Waals surface area contributed by atoms with Gasteiger partial charge in [0.1, 0.15) is 6.54 Å². The lowest BCUT2D eigenvalue weighted by Crippen LogP contribution is -2.12. The second kappa shape index (κ2) is 4.84. The predicted octanol–water partition coefficient (Wildman–Crippen LogP) is 2.33. The van der Waals surface area contributed by atoms with E-state index in [2.05, 4.69) is 31.1 Å². The van der Waals surface area contributed by atoms with Crippen molar-refractivity contribution < 1.29 is 9.90 Å². The molecule has 2 aromatic rings. The standard InChI is InChI=1S/C14H17N3O2/c1-14(2,3)11-6-4-10(5-7-11)12-8-15-16-17(12)9-13(18)19/h4-8H,9H2,1-3H3,(H,18,19). The van der Waals surface area contributed by atoms with Crippen LogP contribution >= 0.6 is 0 Å². The molecule has 1 aromatic carbocycles. The highest BCUT2D eigenvalue weighted by atomic mass is 16.4. The van der Waals surface area contributed by atoms with Crippen LogP contribution in [0.4, 0.5) is 0 Å². The highest BCUT2D eigenvalue weighted by molar-refractivity contribution is 5.68. The number of rotatable bonds is 3. The number of benzene rings is 1. The summed E-state index contributed by atoms with van der Waals surface area (Å²) in [6, 6.07) is 8.04. The van der Waals surface area contributed by atoms with E-state index in [-0.39, 0.29) is 12.0 Å². The van der Waals surface area contributed by atoms with Crippen molar-refractivity contribution in [1.29, 1.82) is 0 Å². The zero-order chi connectivity index (χ0) is 14.0. The van der Waals surface area contributed by atoms with Gasteiger partial charge in [0.25, 0.3) is 0 Å². The van der Waals surface area contributed by atoms with Crippen molar-refractivity contribution in [2.45, 2.75) is 32.7 Å². The third-order valence-electron chi connectivity index (χ3n) is 2.95. The lowest BCUT2D eigenvalue weighted by molar-refractivity contribution is -0.137. The van der Waals surface area contributed by atoms with E-state index in [4.69, 9.17) is 5.11 Å². The fourth-order valence-corrected chi connectivity index (χ4v) is 1.87. The van der Waals surface area contributed by atoms with E-state index in [9.17, 15) is 4.79 Å². The molecule has 2 rings (SSSR count).